The Hall–Kier alpha value is -0.740. The summed E-state index contributed by atoms with van der Waals surface area (Å²) in [6.45, 7) is 7.63. The normalized spacial score (nSPS) is 34.4. The van der Waals surface area contributed by atoms with Crippen molar-refractivity contribution in [3.8, 4) is 0 Å². The molecule has 2 unspecified atom stereocenters. The zero-order chi connectivity index (χ0) is 12.8. The van der Waals surface area contributed by atoms with Gasteiger partial charge in [0.05, 0.1) is 11.7 Å². The van der Waals surface area contributed by atoms with Crippen LogP contribution in [0.3, 0.4) is 0 Å². The first-order chi connectivity index (χ1) is 7.82. The Morgan fingerprint density at radius 2 is 2.06 bits per heavy atom. The number of hydrogen-bond acceptors (Lipinski definition) is 4. The van der Waals surface area contributed by atoms with E-state index < -0.39 is 11.7 Å². The van der Waals surface area contributed by atoms with Crippen LogP contribution in [0.1, 0.15) is 33.6 Å². The molecule has 2 atom stereocenters. The molecule has 0 aromatic heterocycles. The van der Waals surface area contributed by atoms with Crippen LogP contribution in [0.25, 0.3) is 0 Å². The molecule has 0 saturated carbocycles. The van der Waals surface area contributed by atoms with Crippen molar-refractivity contribution < 1.29 is 10.2 Å². The Kier molecular flexibility index (Phi) is 3.12. The summed E-state index contributed by atoms with van der Waals surface area (Å²) in [4.78, 5) is 4.42. The van der Waals surface area contributed by atoms with E-state index in [1.807, 2.05) is 6.92 Å². The van der Waals surface area contributed by atoms with Crippen LogP contribution in [0, 0.1) is 0 Å². The zero-order valence-electron chi connectivity index (χ0n) is 11.3. The largest absolute Gasteiger partial charge is 0.389 e. The Morgan fingerprint density at radius 1 is 1.41 bits per heavy atom. The summed E-state index contributed by atoms with van der Waals surface area (Å²) in [6.07, 6.45) is 0.947. The second-order valence-corrected chi connectivity index (χ2v) is 5.97. The lowest BCUT2D eigenvalue weighted by Crippen LogP contribution is -2.54. The standard InChI is InChI=1S/C13H24N2O2/c1-9(2)15-8-13(3,17)7-10-11(16)5-6-14(4)12(10)15/h9,11,16-17H,5-8H2,1-4H3. The van der Waals surface area contributed by atoms with E-state index in [1.54, 1.807) is 0 Å². The van der Waals surface area contributed by atoms with E-state index in [0.717, 1.165) is 24.4 Å². The van der Waals surface area contributed by atoms with Crippen LogP contribution in [-0.2, 0) is 0 Å². The van der Waals surface area contributed by atoms with Gasteiger partial charge in [0, 0.05) is 38.2 Å². The van der Waals surface area contributed by atoms with Crippen LogP contribution in [-0.4, -0.2) is 57.9 Å². The van der Waals surface area contributed by atoms with Crippen molar-refractivity contribution in [1.29, 1.82) is 0 Å². The lowest BCUT2D eigenvalue weighted by Gasteiger charge is -2.49. The van der Waals surface area contributed by atoms with Gasteiger partial charge in [-0.15, -0.1) is 0 Å². The third-order valence-corrected chi connectivity index (χ3v) is 3.77. The molecule has 0 radical (unpaired) electrons. The summed E-state index contributed by atoms with van der Waals surface area (Å²) in [5.41, 5.74) is 0.270. The quantitative estimate of drug-likeness (QED) is 0.710. The summed E-state index contributed by atoms with van der Waals surface area (Å²) in [6, 6.07) is 0.333. The molecule has 2 N–H and O–H groups in total. The predicted octanol–water partition coefficient (Wildman–Crippen LogP) is 0.760. The van der Waals surface area contributed by atoms with Gasteiger partial charge in [-0.05, 0) is 27.2 Å². The minimum atomic E-state index is -0.734. The van der Waals surface area contributed by atoms with Crippen LogP contribution in [0.5, 0.6) is 0 Å². The van der Waals surface area contributed by atoms with Gasteiger partial charge in [0.2, 0.25) is 0 Å². The van der Waals surface area contributed by atoms with E-state index in [9.17, 15) is 10.2 Å². The Balaban J connectivity index is 2.43. The molecule has 0 spiro atoms. The molecule has 0 bridgehead atoms. The van der Waals surface area contributed by atoms with E-state index in [1.165, 1.54) is 0 Å². The minimum absolute atomic E-state index is 0.333. The van der Waals surface area contributed by atoms with E-state index in [-0.39, 0.29) is 0 Å². The first kappa shape index (κ1) is 12.7. The molecule has 0 aromatic carbocycles. The van der Waals surface area contributed by atoms with Gasteiger partial charge in [-0.1, -0.05) is 0 Å². The Labute approximate surface area is 104 Å². The van der Waals surface area contributed by atoms with Gasteiger partial charge in [0.1, 0.15) is 5.82 Å². The van der Waals surface area contributed by atoms with Crippen molar-refractivity contribution in [3.63, 3.8) is 0 Å². The smallest absolute Gasteiger partial charge is 0.106 e. The lowest BCUT2D eigenvalue weighted by atomic mass is 9.85. The zero-order valence-corrected chi connectivity index (χ0v) is 11.3. The van der Waals surface area contributed by atoms with Crippen LogP contribution < -0.4 is 0 Å². The van der Waals surface area contributed by atoms with Crippen LogP contribution in [0.4, 0.5) is 0 Å². The topological polar surface area (TPSA) is 46.9 Å². The molecule has 2 aliphatic heterocycles. The van der Waals surface area contributed by atoms with Crippen LogP contribution in [0.15, 0.2) is 11.4 Å². The van der Waals surface area contributed by atoms with Crippen molar-refractivity contribution in [1.82, 2.24) is 9.80 Å². The molecule has 0 aromatic rings. The highest BCUT2D eigenvalue weighted by Crippen LogP contribution is 2.36. The van der Waals surface area contributed by atoms with Crippen molar-refractivity contribution in [3.05, 3.63) is 11.4 Å². The fraction of sp³-hybridized carbons (Fsp3) is 0.846. The molecular formula is C13H24N2O2. The number of aliphatic hydroxyl groups is 2. The lowest BCUT2D eigenvalue weighted by molar-refractivity contribution is -0.0200. The van der Waals surface area contributed by atoms with Crippen molar-refractivity contribution in [2.75, 3.05) is 20.1 Å². The maximum absolute atomic E-state index is 10.3. The van der Waals surface area contributed by atoms with Crippen LogP contribution in [0.2, 0.25) is 0 Å². The molecular weight excluding hydrogens is 216 g/mol. The van der Waals surface area contributed by atoms with Gasteiger partial charge in [0.15, 0.2) is 0 Å². The molecule has 0 aliphatic carbocycles. The second kappa shape index (κ2) is 4.18. The third kappa shape index (κ3) is 2.29. The molecule has 17 heavy (non-hydrogen) atoms. The number of rotatable bonds is 1. The summed E-state index contributed by atoms with van der Waals surface area (Å²) in [5.74, 6) is 1.13. The van der Waals surface area contributed by atoms with E-state index in [4.69, 9.17) is 0 Å². The fourth-order valence-electron chi connectivity index (χ4n) is 2.93. The van der Waals surface area contributed by atoms with E-state index >= 15 is 0 Å². The number of β-amino-alcohol motifs (C(OH)–C–C–N with tert-alkyl or cyclic N) is 1. The summed E-state index contributed by atoms with van der Waals surface area (Å²) in [7, 11) is 2.07. The van der Waals surface area contributed by atoms with Gasteiger partial charge in [-0.3, -0.25) is 0 Å². The average Bonchev–Trinajstić information content (AvgIpc) is 2.21. The molecule has 98 valence electrons. The minimum Gasteiger partial charge on any atom is -0.389 e. The highest BCUT2D eigenvalue weighted by Gasteiger charge is 2.40. The number of hydrogen-bond donors (Lipinski definition) is 2. The molecule has 2 rings (SSSR count). The van der Waals surface area contributed by atoms with Crippen molar-refractivity contribution in [2.45, 2.75) is 51.4 Å². The van der Waals surface area contributed by atoms with Crippen LogP contribution >= 0.6 is 0 Å². The van der Waals surface area contributed by atoms with Gasteiger partial charge >= 0.3 is 0 Å². The highest BCUT2D eigenvalue weighted by molar-refractivity contribution is 5.25. The number of nitrogens with zero attached hydrogens (tertiary/aromatic N) is 2. The summed E-state index contributed by atoms with van der Waals surface area (Å²) < 4.78 is 0. The number of aliphatic hydroxyl groups excluding tert-OH is 1. The van der Waals surface area contributed by atoms with Gasteiger partial charge in [-0.2, -0.15) is 0 Å². The molecule has 0 saturated heterocycles. The predicted molar refractivity (Wildman–Crippen MR) is 67.4 cm³/mol. The second-order valence-electron chi connectivity index (χ2n) is 5.97. The molecule has 2 heterocycles. The molecule has 4 nitrogen and oxygen atoms in total. The summed E-state index contributed by atoms with van der Waals surface area (Å²) >= 11 is 0. The monoisotopic (exact) mass is 240 g/mol. The van der Waals surface area contributed by atoms with E-state index in [0.29, 0.717) is 19.0 Å². The van der Waals surface area contributed by atoms with Gasteiger partial charge in [-0.25, -0.2) is 0 Å². The van der Waals surface area contributed by atoms with Crippen molar-refractivity contribution >= 4 is 0 Å². The maximum Gasteiger partial charge on any atom is 0.106 e. The van der Waals surface area contributed by atoms with E-state index in [2.05, 4.69) is 30.7 Å². The van der Waals surface area contributed by atoms with Gasteiger partial charge < -0.3 is 20.0 Å². The molecule has 0 fully saturated rings. The molecule has 0 amide bonds. The molecule has 4 heteroatoms. The Bertz CT molecular complexity index is 336. The first-order valence-corrected chi connectivity index (χ1v) is 6.43. The maximum atomic E-state index is 10.3. The summed E-state index contributed by atoms with van der Waals surface area (Å²) in [5, 5.41) is 20.5. The highest BCUT2D eigenvalue weighted by atomic mass is 16.3. The molecule has 2 aliphatic rings. The first-order valence-electron chi connectivity index (χ1n) is 6.43. The fourth-order valence-corrected chi connectivity index (χ4v) is 2.93. The SMILES string of the molecule is CC(C)N1CC(C)(O)CC2=C1N(C)CCC2O. The van der Waals surface area contributed by atoms with Gasteiger partial charge in [0.25, 0.3) is 0 Å². The van der Waals surface area contributed by atoms with Crippen molar-refractivity contribution in [2.24, 2.45) is 0 Å². The average molecular weight is 240 g/mol. The third-order valence-electron chi connectivity index (χ3n) is 3.77. The Morgan fingerprint density at radius 3 is 2.65 bits per heavy atom.